The first-order valence-corrected chi connectivity index (χ1v) is 7.65. The van der Waals surface area contributed by atoms with E-state index in [4.69, 9.17) is 21.8 Å². The lowest BCUT2D eigenvalue weighted by Crippen LogP contribution is -2.53. The number of nitriles is 1. The number of rotatable bonds is 5. The maximum absolute atomic E-state index is 14.1. The fourth-order valence-electron chi connectivity index (χ4n) is 1.54. The number of ether oxygens (including phenoxy) is 1. The van der Waals surface area contributed by atoms with Gasteiger partial charge >= 0.3 is 0 Å². The highest BCUT2D eigenvalue weighted by Crippen LogP contribution is 2.45. The molecular weight excluding hydrogens is 291 g/mol. The summed E-state index contributed by atoms with van der Waals surface area (Å²) in [5, 5.41) is 11.9. The van der Waals surface area contributed by atoms with Gasteiger partial charge in [0.1, 0.15) is 0 Å². The molecule has 1 heterocycles. The van der Waals surface area contributed by atoms with Crippen LogP contribution in [0.5, 0.6) is 0 Å². The third-order valence-corrected chi connectivity index (χ3v) is 3.75. The molecule has 1 aliphatic rings. The van der Waals surface area contributed by atoms with Crippen molar-refractivity contribution in [3.63, 3.8) is 0 Å². The van der Waals surface area contributed by atoms with Crippen LogP contribution < -0.4 is 0 Å². The van der Waals surface area contributed by atoms with Gasteiger partial charge in [-0.15, -0.1) is 0 Å². The molecule has 1 rings (SSSR count). The lowest BCUT2D eigenvalue weighted by atomic mass is 9.93. The van der Waals surface area contributed by atoms with Crippen molar-refractivity contribution < 1.29 is 29.0 Å². The van der Waals surface area contributed by atoms with Gasteiger partial charge in [0.05, 0.1) is 31.8 Å². The quantitative estimate of drug-likeness (QED) is 0.623. The van der Waals surface area contributed by atoms with Crippen LogP contribution in [0, 0.1) is 17.2 Å². The fraction of sp³-hybridized carbons (Fsp3) is 0.917. The summed E-state index contributed by atoms with van der Waals surface area (Å²) in [6.45, 7) is 2.74. The predicted octanol–water partition coefficient (Wildman–Crippen LogP) is 2.54. The summed E-state index contributed by atoms with van der Waals surface area (Å²) in [4.78, 5) is 0. The first-order chi connectivity index (χ1) is 10.3. The van der Waals surface area contributed by atoms with Crippen molar-refractivity contribution >= 4 is 8.38 Å². The first kappa shape index (κ1) is 16.0. The van der Waals surface area contributed by atoms with E-state index >= 15 is 0 Å². The van der Waals surface area contributed by atoms with Crippen molar-refractivity contribution in [2.24, 2.45) is 5.92 Å². The first-order valence-electron chi connectivity index (χ1n) is 7.14. The molecule has 8 heteroatoms. The molecule has 0 aromatic heterocycles. The van der Waals surface area contributed by atoms with Gasteiger partial charge in [-0.1, -0.05) is 6.92 Å². The fourth-order valence-corrected chi connectivity index (χ4v) is 2.55. The number of halogens is 2. The average Bonchev–Trinajstić information content (AvgIpc) is 2.46. The smallest absolute Gasteiger partial charge is 0.281 e. The van der Waals surface area contributed by atoms with E-state index in [0.29, 0.717) is 0 Å². The van der Waals surface area contributed by atoms with E-state index < -0.39 is 32.4 Å². The second-order valence-corrected chi connectivity index (χ2v) is 5.50. The van der Waals surface area contributed by atoms with Crippen molar-refractivity contribution in [1.29, 1.82) is 6.69 Å². The Morgan fingerprint density at radius 1 is 1.75 bits per heavy atom. The Kier molecular flexibility index (Phi) is 7.63. The molecule has 0 spiro atoms. The van der Waals surface area contributed by atoms with E-state index in [9.17, 15) is 8.78 Å². The summed E-state index contributed by atoms with van der Waals surface area (Å²) >= 11 is 0. The van der Waals surface area contributed by atoms with Gasteiger partial charge in [-0.05, 0) is 6.90 Å². The molecule has 5 nitrogen and oxygen atoms in total. The minimum Gasteiger partial charge on any atom is -0.400 e. The molecule has 2 unspecified atom stereocenters. The number of hydrogen-bond acceptors (Lipinski definition) is 5. The van der Waals surface area contributed by atoms with E-state index in [1.807, 2.05) is 6.07 Å². The molecule has 1 aliphatic heterocycles. The summed E-state index contributed by atoms with van der Waals surface area (Å²) in [5.74, 6) is -4.00. The Bertz CT molecular complexity index is 350. The molecular formula is C12H22F2NO4P. The molecule has 0 amide bonds. The zero-order chi connectivity index (χ0) is 17.2. The Balaban J connectivity index is 0.00000135. The zero-order valence-electron chi connectivity index (χ0n) is 13.8. The molecule has 0 radical (unpaired) electrons. The molecule has 20 heavy (non-hydrogen) atoms. The van der Waals surface area contributed by atoms with Crippen LogP contribution in [-0.4, -0.2) is 51.7 Å². The summed E-state index contributed by atoms with van der Waals surface area (Å²) in [5.41, 5.74) is 0. The normalized spacial score (nSPS) is 31.1. The standard InChI is InChI=1S/C11H18F2NO3P.CH4O/c1-8-7-15-9(2)10(11(8,12)13)17-18(3)16-6-4-5-14;1-2/h8-10H,4,6-7H2,1-3H3;2H,1H3/t8-,9-,10?,18?;/m1./s1/i2D;2T. The minimum atomic E-state index is -3.04. The van der Waals surface area contributed by atoms with Crippen molar-refractivity contribution in [2.45, 2.75) is 38.4 Å². The summed E-state index contributed by atoms with van der Waals surface area (Å²) in [7, 11) is -0.228. The molecule has 1 saturated heterocycles. The monoisotopic (exact) mass is 316 g/mol. The molecule has 1 fully saturated rings. The summed E-state index contributed by atoms with van der Waals surface area (Å²) < 4.78 is 56.8. The number of alkyl halides is 2. The van der Waals surface area contributed by atoms with Crippen LogP contribution in [-0.2, 0) is 13.8 Å². The second-order valence-electron chi connectivity index (χ2n) is 4.15. The highest BCUT2D eigenvalue weighted by atomic mass is 31.2. The summed E-state index contributed by atoms with van der Waals surface area (Å²) in [6, 6.07) is 1.90. The van der Waals surface area contributed by atoms with Crippen LogP contribution in [0.3, 0.4) is 0 Å². The van der Waals surface area contributed by atoms with E-state index in [2.05, 4.69) is 5.11 Å². The Morgan fingerprint density at radius 2 is 2.40 bits per heavy atom. The molecule has 0 bridgehead atoms. The third kappa shape index (κ3) is 5.55. The average molecular weight is 316 g/mol. The Hall–Kier alpha value is -0.380. The number of nitrogens with zero attached hydrogens (tertiary/aromatic N) is 1. The van der Waals surface area contributed by atoms with Crippen molar-refractivity contribution in [2.75, 3.05) is 27.0 Å². The van der Waals surface area contributed by atoms with Gasteiger partial charge in [0, 0.05) is 21.1 Å². The number of aliphatic hydroxyl groups excluding tert-OH is 1. The van der Waals surface area contributed by atoms with Crippen LogP contribution in [0.2, 0.25) is 0 Å². The summed E-state index contributed by atoms with van der Waals surface area (Å²) in [6.07, 6.45) is -2.23. The van der Waals surface area contributed by atoms with Crippen LogP contribution in [0.4, 0.5) is 8.78 Å². The Labute approximate surface area is 122 Å². The van der Waals surface area contributed by atoms with E-state index in [1.54, 1.807) is 6.66 Å². The van der Waals surface area contributed by atoms with Gasteiger partial charge in [-0.2, -0.15) is 5.26 Å². The zero-order valence-corrected chi connectivity index (χ0v) is 12.7. The Morgan fingerprint density at radius 3 is 2.95 bits per heavy atom. The molecule has 1 N–H and O–H groups in total. The van der Waals surface area contributed by atoms with Crippen molar-refractivity contribution in [3.05, 3.63) is 0 Å². The maximum atomic E-state index is 14.1. The number of aliphatic hydroxyl groups is 1. The van der Waals surface area contributed by atoms with Gasteiger partial charge in [0.2, 0.25) is 1.43 Å². The largest absolute Gasteiger partial charge is 0.400 e. The minimum absolute atomic E-state index is 0.0761. The highest BCUT2D eigenvalue weighted by Gasteiger charge is 2.53. The van der Waals surface area contributed by atoms with Gasteiger partial charge < -0.3 is 18.9 Å². The second kappa shape index (κ2) is 9.54. The van der Waals surface area contributed by atoms with E-state index in [-0.39, 0.29) is 26.5 Å². The predicted molar refractivity (Wildman–Crippen MR) is 71.6 cm³/mol. The van der Waals surface area contributed by atoms with Crippen LogP contribution in [0.1, 0.15) is 21.6 Å². The van der Waals surface area contributed by atoms with Crippen LogP contribution >= 0.6 is 8.38 Å². The highest BCUT2D eigenvalue weighted by molar-refractivity contribution is 7.46. The van der Waals surface area contributed by atoms with Gasteiger partial charge in [-0.3, -0.25) is 0 Å². The van der Waals surface area contributed by atoms with Gasteiger partial charge in [0.15, 0.2) is 14.5 Å². The van der Waals surface area contributed by atoms with Crippen LogP contribution in [0.25, 0.3) is 0 Å². The topological polar surface area (TPSA) is 71.7 Å². The maximum Gasteiger partial charge on any atom is 0.281 e. The molecule has 0 saturated carbocycles. The third-order valence-electron chi connectivity index (χ3n) is 2.68. The molecule has 0 aromatic rings. The van der Waals surface area contributed by atoms with Crippen LogP contribution in [0.15, 0.2) is 0 Å². The van der Waals surface area contributed by atoms with E-state index in [1.165, 1.54) is 14.0 Å². The molecule has 0 aromatic carbocycles. The lowest BCUT2D eigenvalue weighted by Gasteiger charge is -2.40. The van der Waals surface area contributed by atoms with Crippen molar-refractivity contribution in [1.82, 2.24) is 0 Å². The van der Waals surface area contributed by atoms with Crippen molar-refractivity contribution in [3.8, 4) is 6.07 Å². The SMILES string of the molecule is [2H]C[C@H]1OC[C@@H](C)C(F)(F)C1OP(C)OCCC#N.[3H]OC. The van der Waals surface area contributed by atoms with Gasteiger partial charge in [0.25, 0.3) is 5.92 Å². The molecule has 118 valence electrons. The molecule has 0 aliphatic carbocycles. The molecule has 4 atom stereocenters. The van der Waals surface area contributed by atoms with Gasteiger partial charge in [-0.25, -0.2) is 8.78 Å². The lowest BCUT2D eigenvalue weighted by molar-refractivity contribution is -0.226. The number of hydrogen-bond donors (Lipinski definition) is 1. The van der Waals surface area contributed by atoms with E-state index in [0.717, 1.165) is 0 Å².